The van der Waals surface area contributed by atoms with Gasteiger partial charge >= 0.3 is 0 Å². The number of nitrogen functional groups attached to an aromatic ring is 1. The van der Waals surface area contributed by atoms with E-state index < -0.39 is 0 Å². The largest absolute Gasteiger partial charge is 0.399 e. The average Bonchev–Trinajstić information content (AvgIpc) is 2.97. The SMILES string of the molecule is Nc1ccc(CCc2nc(-c3cccnc3)no2)cc1. The van der Waals surface area contributed by atoms with Crippen LogP contribution < -0.4 is 5.73 Å². The Morgan fingerprint density at radius 1 is 1.05 bits per heavy atom. The number of hydrogen-bond acceptors (Lipinski definition) is 5. The van der Waals surface area contributed by atoms with Crippen molar-refractivity contribution in [2.45, 2.75) is 12.8 Å². The van der Waals surface area contributed by atoms with Gasteiger partial charge in [0.25, 0.3) is 0 Å². The van der Waals surface area contributed by atoms with Crippen molar-refractivity contribution in [3.05, 3.63) is 60.2 Å². The van der Waals surface area contributed by atoms with Crippen LogP contribution in [0.4, 0.5) is 5.69 Å². The van der Waals surface area contributed by atoms with Crippen LogP contribution in [-0.2, 0) is 12.8 Å². The van der Waals surface area contributed by atoms with Crippen LogP contribution in [0.2, 0.25) is 0 Å². The summed E-state index contributed by atoms with van der Waals surface area (Å²) in [6.07, 6.45) is 4.98. The molecule has 2 N–H and O–H groups in total. The fourth-order valence-corrected chi connectivity index (χ4v) is 1.90. The van der Waals surface area contributed by atoms with Crippen molar-refractivity contribution < 1.29 is 4.52 Å². The average molecular weight is 266 g/mol. The number of hydrogen-bond donors (Lipinski definition) is 1. The van der Waals surface area contributed by atoms with E-state index in [-0.39, 0.29) is 0 Å². The molecule has 0 amide bonds. The summed E-state index contributed by atoms with van der Waals surface area (Å²) in [6.45, 7) is 0. The summed E-state index contributed by atoms with van der Waals surface area (Å²) in [5.74, 6) is 1.20. The molecular weight excluding hydrogens is 252 g/mol. The van der Waals surface area contributed by atoms with Crippen molar-refractivity contribution >= 4 is 5.69 Å². The molecule has 2 heterocycles. The van der Waals surface area contributed by atoms with Gasteiger partial charge in [-0.3, -0.25) is 4.98 Å². The predicted molar refractivity (Wildman–Crippen MR) is 75.8 cm³/mol. The zero-order valence-electron chi connectivity index (χ0n) is 10.9. The lowest BCUT2D eigenvalue weighted by Crippen LogP contribution is -1.92. The summed E-state index contributed by atoms with van der Waals surface area (Å²) >= 11 is 0. The quantitative estimate of drug-likeness (QED) is 0.734. The highest BCUT2D eigenvalue weighted by Gasteiger charge is 2.08. The standard InChI is InChI=1S/C15H14N4O/c16-13-6-3-11(4-7-13)5-8-14-18-15(19-20-14)12-2-1-9-17-10-12/h1-4,6-7,9-10H,5,8,16H2. The van der Waals surface area contributed by atoms with Gasteiger partial charge in [0.2, 0.25) is 11.7 Å². The summed E-state index contributed by atoms with van der Waals surface area (Å²) in [7, 11) is 0. The maximum atomic E-state index is 5.65. The van der Waals surface area contributed by atoms with E-state index in [9.17, 15) is 0 Å². The number of aromatic nitrogens is 3. The van der Waals surface area contributed by atoms with Crippen LogP contribution in [0.5, 0.6) is 0 Å². The van der Waals surface area contributed by atoms with E-state index in [1.165, 1.54) is 5.56 Å². The zero-order valence-corrected chi connectivity index (χ0v) is 10.9. The number of nitrogens with two attached hydrogens (primary N) is 1. The summed E-state index contributed by atoms with van der Waals surface area (Å²) in [4.78, 5) is 8.41. The lowest BCUT2D eigenvalue weighted by Gasteiger charge is -1.98. The van der Waals surface area contributed by atoms with Crippen molar-refractivity contribution in [1.29, 1.82) is 0 Å². The van der Waals surface area contributed by atoms with Gasteiger partial charge in [-0.05, 0) is 36.2 Å². The van der Waals surface area contributed by atoms with Crippen molar-refractivity contribution in [1.82, 2.24) is 15.1 Å². The lowest BCUT2D eigenvalue weighted by molar-refractivity contribution is 0.379. The molecule has 3 aromatic rings. The second kappa shape index (κ2) is 5.52. The Morgan fingerprint density at radius 2 is 1.90 bits per heavy atom. The van der Waals surface area contributed by atoms with Crippen LogP contribution in [0.3, 0.4) is 0 Å². The van der Waals surface area contributed by atoms with Crippen molar-refractivity contribution in [2.24, 2.45) is 0 Å². The minimum Gasteiger partial charge on any atom is -0.399 e. The van der Waals surface area contributed by atoms with Crippen LogP contribution in [0.15, 0.2) is 53.3 Å². The molecule has 3 rings (SSSR count). The normalized spacial score (nSPS) is 10.6. The van der Waals surface area contributed by atoms with E-state index in [1.807, 2.05) is 36.4 Å². The minimum atomic E-state index is 0.574. The number of nitrogens with zero attached hydrogens (tertiary/aromatic N) is 3. The van der Waals surface area contributed by atoms with Crippen molar-refractivity contribution in [3.63, 3.8) is 0 Å². The predicted octanol–water partition coefficient (Wildman–Crippen LogP) is 2.50. The van der Waals surface area contributed by atoms with Crippen LogP contribution in [-0.4, -0.2) is 15.1 Å². The molecule has 20 heavy (non-hydrogen) atoms. The molecule has 0 fully saturated rings. The molecule has 5 heteroatoms. The Morgan fingerprint density at radius 3 is 2.65 bits per heavy atom. The molecule has 0 spiro atoms. The van der Waals surface area contributed by atoms with Crippen LogP contribution >= 0.6 is 0 Å². The lowest BCUT2D eigenvalue weighted by atomic mass is 10.1. The molecule has 5 nitrogen and oxygen atoms in total. The molecule has 0 bridgehead atoms. The Hall–Kier alpha value is -2.69. The van der Waals surface area contributed by atoms with Gasteiger partial charge in [-0.25, -0.2) is 0 Å². The van der Waals surface area contributed by atoms with Gasteiger partial charge in [0.05, 0.1) is 0 Å². The molecule has 2 aromatic heterocycles. The van der Waals surface area contributed by atoms with Gasteiger partial charge in [0.1, 0.15) is 0 Å². The summed E-state index contributed by atoms with van der Waals surface area (Å²) in [5.41, 5.74) is 8.48. The Bertz CT molecular complexity index is 677. The first kappa shape index (κ1) is 12.3. The van der Waals surface area contributed by atoms with Gasteiger partial charge in [-0.2, -0.15) is 4.98 Å². The van der Waals surface area contributed by atoms with E-state index >= 15 is 0 Å². The molecule has 1 aromatic carbocycles. The van der Waals surface area contributed by atoms with Crippen LogP contribution in [0.1, 0.15) is 11.5 Å². The molecule has 100 valence electrons. The van der Waals surface area contributed by atoms with Crippen molar-refractivity contribution in [3.8, 4) is 11.4 Å². The third-order valence-electron chi connectivity index (χ3n) is 3.00. The van der Waals surface area contributed by atoms with E-state index in [4.69, 9.17) is 10.3 Å². The Labute approximate surface area is 116 Å². The molecule has 0 aliphatic heterocycles. The number of anilines is 1. The second-order valence-corrected chi connectivity index (χ2v) is 4.50. The van der Waals surface area contributed by atoms with Gasteiger partial charge in [-0.1, -0.05) is 17.3 Å². The molecule has 0 aliphatic carbocycles. The van der Waals surface area contributed by atoms with Crippen molar-refractivity contribution in [2.75, 3.05) is 5.73 Å². The monoisotopic (exact) mass is 266 g/mol. The number of rotatable bonds is 4. The molecule has 0 aliphatic rings. The van der Waals surface area contributed by atoms with Gasteiger partial charge in [0.15, 0.2) is 0 Å². The first-order valence-electron chi connectivity index (χ1n) is 6.39. The first-order chi connectivity index (χ1) is 9.81. The fraction of sp³-hybridized carbons (Fsp3) is 0.133. The first-order valence-corrected chi connectivity index (χ1v) is 6.39. The summed E-state index contributed by atoms with van der Waals surface area (Å²) in [5, 5.41) is 3.97. The van der Waals surface area contributed by atoms with Crippen LogP contribution in [0, 0.1) is 0 Å². The summed E-state index contributed by atoms with van der Waals surface area (Å²) in [6, 6.07) is 11.6. The maximum Gasteiger partial charge on any atom is 0.227 e. The van der Waals surface area contributed by atoms with E-state index in [2.05, 4.69) is 15.1 Å². The number of pyridine rings is 1. The fourth-order valence-electron chi connectivity index (χ4n) is 1.90. The molecular formula is C15H14N4O. The van der Waals surface area contributed by atoms with E-state index in [0.717, 1.165) is 17.7 Å². The smallest absolute Gasteiger partial charge is 0.227 e. The van der Waals surface area contributed by atoms with Gasteiger partial charge in [0, 0.05) is 30.1 Å². The maximum absolute atomic E-state index is 5.65. The molecule has 0 saturated carbocycles. The third-order valence-corrected chi connectivity index (χ3v) is 3.00. The van der Waals surface area contributed by atoms with E-state index in [1.54, 1.807) is 12.4 Å². The molecule has 0 unspecified atom stereocenters. The molecule has 0 radical (unpaired) electrons. The third kappa shape index (κ3) is 2.83. The molecule has 0 saturated heterocycles. The Balaban J connectivity index is 1.67. The zero-order chi connectivity index (χ0) is 13.8. The second-order valence-electron chi connectivity index (χ2n) is 4.50. The van der Waals surface area contributed by atoms with Gasteiger partial charge in [-0.15, -0.1) is 0 Å². The number of benzene rings is 1. The topological polar surface area (TPSA) is 77.8 Å². The Kier molecular flexibility index (Phi) is 3.41. The highest BCUT2D eigenvalue weighted by Crippen LogP contribution is 2.15. The van der Waals surface area contributed by atoms with Crippen LogP contribution in [0.25, 0.3) is 11.4 Å². The number of aryl methyl sites for hydroxylation is 2. The minimum absolute atomic E-state index is 0.574. The highest BCUT2D eigenvalue weighted by atomic mass is 16.5. The molecule has 0 atom stereocenters. The highest BCUT2D eigenvalue weighted by molar-refractivity contribution is 5.51. The van der Waals surface area contributed by atoms with E-state index in [0.29, 0.717) is 18.1 Å². The summed E-state index contributed by atoms with van der Waals surface area (Å²) < 4.78 is 5.25. The van der Waals surface area contributed by atoms with Gasteiger partial charge < -0.3 is 10.3 Å².